The molecule has 0 saturated heterocycles. The average molecular weight is 273 g/mol. The highest BCUT2D eigenvalue weighted by Crippen LogP contribution is 2.22. The zero-order valence-corrected chi connectivity index (χ0v) is 11.2. The van der Waals surface area contributed by atoms with E-state index in [1.54, 1.807) is 30.6 Å². The summed E-state index contributed by atoms with van der Waals surface area (Å²) in [5.74, 6) is -0.200. The van der Waals surface area contributed by atoms with Crippen LogP contribution in [0.5, 0.6) is 0 Å². The minimum atomic E-state index is -0.200. The van der Waals surface area contributed by atoms with Crippen LogP contribution in [0.4, 0.5) is 5.69 Å². The zero-order valence-electron chi connectivity index (χ0n) is 10.4. The summed E-state index contributed by atoms with van der Waals surface area (Å²) in [6.07, 6.45) is 6.56. The molecule has 0 atom stereocenters. The predicted octanol–water partition coefficient (Wildman–Crippen LogP) is 3.70. The molecule has 2 rings (SSSR count). The molecule has 0 radical (unpaired) electrons. The summed E-state index contributed by atoms with van der Waals surface area (Å²) in [6, 6.07) is 9.10. The number of nitrogens with zero attached hydrogens (tertiary/aromatic N) is 1. The van der Waals surface area contributed by atoms with Crippen molar-refractivity contribution in [3.05, 3.63) is 65.0 Å². The molecule has 19 heavy (non-hydrogen) atoms. The van der Waals surface area contributed by atoms with Gasteiger partial charge in [0.05, 0.1) is 0 Å². The van der Waals surface area contributed by atoms with Gasteiger partial charge in [-0.1, -0.05) is 23.7 Å². The predicted molar refractivity (Wildman–Crippen MR) is 78.1 cm³/mol. The fourth-order valence-electron chi connectivity index (χ4n) is 1.56. The molecule has 4 heteroatoms. The van der Waals surface area contributed by atoms with Crippen molar-refractivity contribution in [2.75, 3.05) is 5.32 Å². The van der Waals surface area contributed by atoms with Crippen molar-refractivity contribution < 1.29 is 4.79 Å². The highest BCUT2D eigenvalue weighted by molar-refractivity contribution is 6.31. The molecule has 96 valence electrons. The monoisotopic (exact) mass is 272 g/mol. The van der Waals surface area contributed by atoms with Gasteiger partial charge in [0.1, 0.15) is 0 Å². The molecule has 0 aliphatic carbocycles. The van der Waals surface area contributed by atoms with Crippen LogP contribution in [0.1, 0.15) is 11.1 Å². The number of anilines is 1. The van der Waals surface area contributed by atoms with Crippen molar-refractivity contribution in [2.24, 2.45) is 0 Å². The Balaban J connectivity index is 2.06. The van der Waals surface area contributed by atoms with Gasteiger partial charge in [-0.05, 0) is 42.3 Å². The third-order valence-electron chi connectivity index (χ3n) is 2.64. The zero-order chi connectivity index (χ0) is 13.7. The van der Waals surface area contributed by atoms with Gasteiger partial charge in [0, 0.05) is 29.2 Å². The Morgan fingerprint density at radius 1 is 1.32 bits per heavy atom. The van der Waals surface area contributed by atoms with Crippen LogP contribution >= 0.6 is 11.6 Å². The van der Waals surface area contributed by atoms with Crippen LogP contribution < -0.4 is 5.32 Å². The van der Waals surface area contributed by atoms with Crippen LogP contribution in [0.3, 0.4) is 0 Å². The lowest BCUT2D eigenvalue weighted by Gasteiger charge is -2.07. The van der Waals surface area contributed by atoms with Gasteiger partial charge in [-0.25, -0.2) is 0 Å². The molecule has 0 fully saturated rings. The Kier molecular flexibility index (Phi) is 4.31. The average Bonchev–Trinajstić information content (AvgIpc) is 2.43. The van der Waals surface area contributed by atoms with Gasteiger partial charge in [0.2, 0.25) is 5.91 Å². The summed E-state index contributed by atoms with van der Waals surface area (Å²) < 4.78 is 0. The lowest BCUT2D eigenvalue weighted by molar-refractivity contribution is -0.111. The second-order valence-corrected chi connectivity index (χ2v) is 4.43. The van der Waals surface area contributed by atoms with Crippen molar-refractivity contribution in [1.29, 1.82) is 0 Å². The van der Waals surface area contributed by atoms with Crippen molar-refractivity contribution in [2.45, 2.75) is 6.92 Å². The first-order chi connectivity index (χ1) is 9.16. The molecular weight excluding hydrogens is 260 g/mol. The minimum absolute atomic E-state index is 0.200. The molecule has 1 aromatic carbocycles. The smallest absolute Gasteiger partial charge is 0.248 e. The fourth-order valence-corrected chi connectivity index (χ4v) is 1.74. The summed E-state index contributed by atoms with van der Waals surface area (Å²) in [6.45, 7) is 1.86. The van der Waals surface area contributed by atoms with Crippen molar-refractivity contribution >= 4 is 29.3 Å². The van der Waals surface area contributed by atoms with E-state index >= 15 is 0 Å². The maximum absolute atomic E-state index is 11.8. The Morgan fingerprint density at radius 2 is 2.16 bits per heavy atom. The van der Waals surface area contributed by atoms with E-state index in [4.69, 9.17) is 11.6 Å². The van der Waals surface area contributed by atoms with E-state index in [0.717, 1.165) is 11.1 Å². The SMILES string of the molecule is Cc1c(Cl)cccc1NC(=O)C=Cc1cccnc1. The summed E-state index contributed by atoms with van der Waals surface area (Å²) in [7, 11) is 0. The van der Waals surface area contributed by atoms with Crippen LogP contribution in [0, 0.1) is 6.92 Å². The number of nitrogens with one attached hydrogen (secondary N) is 1. The molecule has 0 unspecified atom stereocenters. The number of aromatic nitrogens is 1. The lowest BCUT2D eigenvalue weighted by Crippen LogP contribution is -2.08. The Labute approximate surface area is 116 Å². The van der Waals surface area contributed by atoms with Crippen molar-refractivity contribution in [1.82, 2.24) is 4.98 Å². The van der Waals surface area contributed by atoms with Gasteiger partial charge in [0.25, 0.3) is 0 Å². The summed E-state index contributed by atoms with van der Waals surface area (Å²) in [5, 5.41) is 3.42. The van der Waals surface area contributed by atoms with Gasteiger partial charge < -0.3 is 5.32 Å². The lowest BCUT2D eigenvalue weighted by atomic mass is 10.2. The molecule has 1 amide bonds. The van der Waals surface area contributed by atoms with Gasteiger partial charge in [0.15, 0.2) is 0 Å². The van der Waals surface area contributed by atoms with E-state index in [1.807, 2.05) is 25.1 Å². The number of amides is 1. The number of carbonyl (C=O) groups excluding carboxylic acids is 1. The Morgan fingerprint density at radius 3 is 2.89 bits per heavy atom. The first-order valence-corrected chi connectivity index (χ1v) is 6.19. The van der Waals surface area contributed by atoms with Gasteiger partial charge in [-0.2, -0.15) is 0 Å². The number of hydrogen-bond donors (Lipinski definition) is 1. The van der Waals surface area contributed by atoms with E-state index < -0.39 is 0 Å². The number of carbonyl (C=O) groups is 1. The molecule has 0 aliphatic rings. The Bertz CT molecular complexity index is 609. The van der Waals surface area contributed by atoms with Crippen molar-refractivity contribution in [3.8, 4) is 0 Å². The van der Waals surface area contributed by atoms with E-state index in [-0.39, 0.29) is 5.91 Å². The third kappa shape index (κ3) is 3.66. The molecule has 0 saturated carbocycles. The first-order valence-electron chi connectivity index (χ1n) is 5.81. The quantitative estimate of drug-likeness (QED) is 0.866. The van der Waals surface area contributed by atoms with Gasteiger partial charge in [-0.15, -0.1) is 0 Å². The summed E-state index contributed by atoms with van der Waals surface area (Å²) in [4.78, 5) is 15.8. The van der Waals surface area contributed by atoms with Crippen LogP contribution in [0.15, 0.2) is 48.8 Å². The highest BCUT2D eigenvalue weighted by atomic mass is 35.5. The van der Waals surface area contributed by atoms with E-state index in [9.17, 15) is 4.79 Å². The molecule has 1 heterocycles. The van der Waals surface area contributed by atoms with Crippen LogP contribution in [0.25, 0.3) is 6.08 Å². The van der Waals surface area contributed by atoms with E-state index in [0.29, 0.717) is 10.7 Å². The van der Waals surface area contributed by atoms with Gasteiger partial charge in [-0.3, -0.25) is 9.78 Å². The first kappa shape index (κ1) is 13.3. The summed E-state index contributed by atoms with van der Waals surface area (Å²) in [5.41, 5.74) is 2.45. The van der Waals surface area contributed by atoms with Gasteiger partial charge >= 0.3 is 0 Å². The topological polar surface area (TPSA) is 42.0 Å². The second-order valence-electron chi connectivity index (χ2n) is 4.02. The molecule has 0 bridgehead atoms. The summed E-state index contributed by atoms with van der Waals surface area (Å²) >= 11 is 5.99. The standard InChI is InChI=1S/C15H13ClN2O/c1-11-13(16)5-2-6-14(11)18-15(19)8-7-12-4-3-9-17-10-12/h2-10H,1H3,(H,18,19). The normalized spacial score (nSPS) is 10.6. The third-order valence-corrected chi connectivity index (χ3v) is 3.05. The van der Waals surface area contributed by atoms with E-state index in [1.165, 1.54) is 6.08 Å². The number of halogens is 1. The molecule has 0 spiro atoms. The fraction of sp³-hybridized carbons (Fsp3) is 0.0667. The Hall–Kier alpha value is -2.13. The van der Waals surface area contributed by atoms with Crippen LogP contribution in [-0.4, -0.2) is 10.9 Å². The molecule has 1 aromatic heterocycles. The molecule has 0 aliphatic heterocycles. The van der Waals surface area contributed by atoms with Crippen LogP contribution in [-0.2, 0) is 4.79 Å². The molecular formula is C15H13ClN2O. The number of benzene rings is 1. The van der Waals surface area contributed by atoms with Crippen LogP contribution in [0.2, 0.25) is 5.02 Å². The second kappa shape index (κ2) is 6.16. The number of pyridine rings is 1. The maximum Gasteiger partial charge on any atom is 0.248 e. The number of hydrogen-bond acceptors (Lipinski definition) is 2. The molecule has 1 N–H and O–H groups in total. The minimum Gasteiger partial charge on any atom is -0.322 e. The van der Waals surface area contributed by atoms with E-state index in [2.05, 4.69) is 10.3 Å². The number of rotatable bonds is 3. The largest absolute Gasteiger partial charge is 0.322 e. The highest BCUT2D eigenvalue weighted by Gasteiger charge is 2.03. The molecule has 2 aromatic rings. The van der Waals surface area contributed by atoms with Crippen molar-refractivity contribution in [3.63, 3.8) is 0 Å². The maximum atomic E-state index is 11.8. The molecule has 3 nitrogen and oxygen atoms in total.